The Balaban J connectivity index is 1.99. The lowest BCUT2D eigenvalue weighted by molar-refractivity contribution is -0.385. The van der Waals surface area contributed by atoms with Crippen LogP contribution in [0.4, 0.5) is 5.69 Å². The number of rotatable bonds is 6. The second-order valence-electron chi connectivity index (χ2n) is 5.61. The predicted octanol–water partition coefficient (Wildman–Crippen LogP) is 2.93. The summed E-state index contributed by atoms with van der Waals surface area (Å²) in [6.45, 7) is 1.40. The molecule has 5 nitrogen and oxygen atoms in total. The summed E-state index contributed by atoms with van der Waals surface area (Å²) in [7, 11) is 4.20. The highest BCUT2D eigenvalue weighted by Crippen LogP contribution is 2.35. The average molecular weight is 342 g/mol. The van der Waals surface area contributed by atoms with E-state index in [2.05, 4.69) is 40.2 Å². The van der Waals surface area contributed by atoms with Gasteiger partial charge in [0.1, 0.15) is 0 Å². The molecular weight excluding hydrogens is 322 g/mol. The maximum atomic E-state index is 11.1. The summed E-state index contributed by atoms with van der Waals surface area (Å²) in [5.41, 5.74) is 1.12. The first-order chi connectivity index (χ1) is 9.44. The summed E-state index contributed by atoms with van der Waals surface area (Å²) in [6, 6.07) is 5.20. The molecule has 0 amide bonds. The number of nitrogens with zero attached hydrogens (tertiary/aromatic N) is 2. The van der Waals surface area contributed by atoms with E-state index in [1.54, 1.807) is 12.1 Å². The van der Waals surface area contributed by atoms with Gasteiger partial charge in [-0.2, -0.15) is 0 Å². The molecule has 1 aromatic rings. The van der Waals surface area contributed by atoms with Gasteiger partial charge in [0.25, 0.3) is 5.69 Å². The van der Waals surface area contributed by atoms with E-state index in [-0.39, 0.29) is 16.1 Å². The third kappa shape index (κ3) is 3.19. The van der Waals surface area contributed by atoms with Gasteiger partial charge < -0.3 is 10.2 Å². The molecule has 0 heterocycles. The van der Waals surface area contributed by atoms with Gasteiger partial charge in [-0.05, 0) is 45.5 Å². The molecule has 0 spiro atoms. The minimum Gasteiger partial charge on any atom is -0.311 e. The lowest BCUT2D eigenvalue weighted by Gasteiger charge is -2.47. The Morgan fingerprint density at radius 2 is 2.15 bits per heavy atom. The molecule has 1 saturated carbocycles. The van der Waals surface area contributed by atoms with Crippen LogP contribution in [-0.2, 0) is 6.54 Å². The Morgan fingerprint density at radius 1 is 1.45 bits per heavy atom. The number of hydrogen-bond donors (Lipinski definition) is 1. The molecule has 0 saturated heterocycles. The Morgan fingerprint density at radius 3 is 2.65 bits per heavy atom. The van der Waals surface area contributed by atoms with Gasteiger partial charge in [0.2, 0.25) is 0 Å². The molecular formula is C14H20BrN3O2. The maximum Gasteiger partial charge on any atom is 0.275 e. The third-order valence-electron chi connectivity index (χ3n) is 4.25. The van der Waals surface area contributed by atoms with Crippen molar-refractivity contribution in [3.63, 3.8) is 0 Å². The molecule has 0 aromatic heterocycles. The van der Waals surface area contributed by atoms with E-state index in [9.17, 15) is 10.1 Å². The molecule has 0 radical (unpaired) electrons. The molecule has 0 unspecified atom stereocenters. The van der Waals surface area contributed by atoms with Crippen LogP contribution in [0.1, 0.15) is 24.8 Å². The van der Waals surface area contributed by atoms with E-state index >= 15 is 0 Å². The van der Waals surface area contributed by atoms with Crippen molar-refractivity contribution in [2.45, 2.75) is 31.3 Å². The van der Waals surface area contributed by atoms with E-state index in [1.807, 2.05) is 6.07 Å². The number of nitro benzene ring substituents is 1. The summed E-state index contributed by atoms with van der Waals surface area (Å²) in [5.74, 6) is 0. The molecule has 1 aromatic carbocycles. The molecule has 1 N–H and O–H groups in total. The summed E-state index contributed by atoms with van der Waals surface area (Å²) in [4.78, 5) is 13.0. The van der Waals surface area contributed by atoms with E-state index in [4.69, 9.17) is 0 Å². The Labute approximate surface area is 127 Å². The van der Waals surface area contributed by atoms with Gasteiger partial charge in [0.15, 0.2) is 0 Å². The quantitative estimate of drug-likeness (QED) is 0.638. The molecule has 0 aliphatic heterocycles. The van der Waals surface area contributed by atoms with Crippen LogP contribution >= 0.6 is 15.9 Å². The van der Waals surface area contributed by atoms with Crippen molar-refractivity contribution in [1.82, 2.24) is 10.2 Å². The van der Waals surface area contributed by atoms with E-state index in [0.717, 1.165) is 16.6 Å². The zero-order chi connectivity index (χ0) is 14.8. The van der Waals surface area contributed by atoms with Crippen LogP contribution in [0.2, 0.25) is 0 Å². The smallest absolute Gasteiger partial charge is 0.275 e. The van der Waals surface area contributed by atoms with Crippen LogP contribution in [0.15, 0.2) is 22.7 Å². The van der Waals surface area contributed by atoms with Crippen molar-refractivity contribution in [2.75, 3.05) is 20.6 Å². The Hall–Kier alpha value is -0.980. The SMILES string of the molecule is CN(C)C1(CNCc2ccc(Br)cc2[N+](=O)[O-])CCC1. The Kier molecular flexibility index (Phi) is 4.78. The number of benzene rings is 1. The fraction of sp³-hybridized carbons (Fsp3) is 0.571. The number of hydrogen-bond acceptors (Lipinski definition) is 4. The fourth-order valence-corrected chi connectivity index (χ4v) is 3.00. The highest BCUT2D eigenvalue weighted by molar-refractivity contribution is 9.10. The first kappa shape index (κ1) is 15.4. The van der Waals surface area contributed by atoms with Crippen LogP contribution in [-0.4, -0.2) is 36.0 Å². The highest BCUT2D eigenvalue weighted by Gasteiger charge is 2.38. The second kappa shape index (κ2) is 6.20. The molecule has 2 rings (SSSR count). The number of nitrogens with one attached hydrogen (secondary N) is 1. The average Bonchev–Trinajstić information content (AvgIpc) is 2.33. The molecule has 1 aliphatic carbocycles. The van der Waals surface area contributed by atoms with Gasteiger partial charge in [-0.1, -0.05) is 15.9 Å². The summed E-state index contributed by atoms with van der Waals surface area (Å²) in [6.07, 6.45) is 3.64. The van der Waals surface area contributed by atoms with Crippen molar-refractivity contribution < 1.29 is 4.92 Å². The lowest BCUT2D eigenvalue weighted by atomic mass is 9.75. The first-order valence-electron chi connectivity index (χ1n) is 6.76. The molecule has 1 fully saturated rings. The van der Waals surface area contributed by atoms with Crippen LogP contribution in [0, 0.1) is 10.1 Å². The zero-order valence-electron chi connectivity index (χ0n) is 11.9. The largest absolute Gasteiger partial charge is 0.311 e. The normalized spacial score (nSPS) is 17.0. The molecule has 6 heteroatoms. The molecule has 0 bridgehead atoms. The number of nitro groups is 1. The van der Waals surface area contributed by atoms with Gasteiger partial charge in [-0.25, -0.2) is 0 Å². The fourth-order valence-electron chi connectivity index (χ4n) is 2.65. The van der Waals surface area contributed by atoms with Crippen molar-refractivity contribution in [3.8, 4) is 0 Å². The van der Waals surface area contributed by atoms with Crippen molar-refractivity contribution in [3.05, 3.63) is 38.3 Å². The number of halogens is 1. The molecule has 1 aliphatic rings. The molecule has 20 heavy (non-hydrogen) atoms. The van der Waals surface area contributed by atoms with Crippen LogP contribution in [0.3, 0.4) is 0 Å². The summed E-state index contributed by atoms with van der Waals surface area (Å²) in [5, 5.41) is 14.4. The van der Waals surface area contributed by atoms with Gasteiger partial charge >= 0.3 is 0 Å². The highest BCUT2D eigenvalue weighted by atomic mass is 79.9. The first-order valence-corrected chi connectivity index (χ1v) is 7.55. The molecule has 0 atom stereocenters. The van der Waals surface area contributed by atoms with E-state index in [1.165, 1.54) is 19.3 Å². The van der Waals surface area contributed by atoms with Gasteiger partial charge in [0, 0.05) is 34.7 Å². The number of likely N-dealkylation sites (N-methyl/N-ethyl adjacent to an activating group) is 1. The second-order valence-corrected chi connectivity index (χ2v) is 6.52. The minimum atomic E-state index is -0.327. The van der Waals surface area contributed by atoms with Crippen molar-refractivity contribution in [1.29, 1.82) is 0 Å². The van der Waals surface area contributed by atoms with Gasteiger partial charge in [0.05, 0.1) is 4.92 Å². The van der Waals surface area contributed by atoms with Crippen LogP contribution < -0.4 is 5.32 Å². The van der Waals surface area contributed by atoms with Crippen molar-refractivity contribution in [2.24, 2.45) is 0 Å². The zero-order valence-corrected chi connectivity index (χ0v) is 13.4. The van der Waals surface area contributed by atoms with Crippen LogP contribution in [0.5, 0.6) is 0 Å². The standard InChI is InChI=1S/C14H20BrN3O2/c1-17(2)14(6-3-7-14)10-16-9-11-4-5-12(15)8-13(11)18(19)20/h4-5,8,16H,3,6-7,9-10H2,1-2H3. The van der Waals surface area contributed by atoms with E-state index in [0.29, 0.717) is 6.54 Å². The van der Waals surface area contributed by atoms with Gasteiger partial charge in [-0.3, -0.25) is 10.1 Å². The predicted molar refractivity (Wildman–Crippen MR) is 82.8 cm³/mol. The van der Waals surface area contributed by atoms with Crippen molar-refractivity contribution >= 4 is 21.6 Å². The Bertz CT molecular complexity index is 501. The minimum absolute atomic E-state index is 0.166. The third-order valence-corrected chi connectivity index (χ3v) is 4.74. The monoisotopic (exact) mass is 341 g/mol. The molecule has 110 valence electrons. The lowest BCUT2D eigenvalue weighted by Crippen LogP contribution is -2.56. The topological polar surface area (TPSA) is 58.4 Å². The summed E-state index contributed by atoms with van der Waals surface area (Å²) >= 11 is 3.27. The summed E-state index contributed by atoms with van der Waals surface area (Å²) < 4.78 is 0.733. The van der Waals surface area contributed by atoms with Gasteiger partial charge in [-0.15, -0.1) is 0 Å². The maximum absolute atomic E-state index is 11.1. The van der Waals surface area contributed by atoms with Crippen LogP contribution in [0.25, 0.3) is 0 Å². The van der Waals surface area contributed by atoms with E-state index < -0.39 is 0 Å².